The maximum Gasteiger partial charge on any atom is 1.00 e. The summed E-state index contributed by atoms with van der Waals surface area (Å²) in [6, 6.07) is 24.1. The van der Waals surface area contributed by atoms with Gasteiger partial charge in [-0.2, -0.15) is 0 Å². The number of carboxylic acid groups (broad SMARTS) is 1. The van der Waals surface area contributed by atoms with Crippen molar-refractivity contribution in [2.24, 2.45) is 0 Å². The maximum atomic E-state index is 12.3. The molecule has 3 aromatic carbocycles. The van der Waals surface area contributed by atoms with E-state index in [4.69, 9.17) is 9.72 Å². The van der Waals surface area contributed by atoms with Crippen LogP contribution in [0.15, 0.2) is 72.8 Å². The largest absolute Gasteiger partial charge is 1.00 e. The van der Waals surface area contributed by atoms with Gasteiger partial charge in [0.25, 0.3) is 0 Å². The summed E-state index contributed by atoms with van der Waals surface area (Å²) in [4.78, 5) is 18.3. The van der Waals surface area contributed by atoms with Gasteiger partial charge in [-0.05, 0) is 72.9 Å². The van der Waals surface area contributed by atoms with Crippen LogP contribution in [-0.2, 0) is 0 Å². The zero-order valence-corrected chi connectivity index (χ0v) is 23.4. The smallest absolute Gasteiger partial charge is 0.545 e. The number of fused-ring (bicyclic) bond motifs is 2. The molecule has 0 atom stereocenters. The van der Waals surface area contributed by atoms with Gasteiger partial charge >= 0.3 is 29.6 Å². The van der Waals surface area contributed by atoms with Crippen LogP contribution in [0.2, 0.25) is 0 Å². The minimum atomic E-state index is -1.22. The van der Waals surface area contributed by atoms with E-state index in [1.54, 1.807) is 17.4 Å². The molecule has 0 aliphatic heterocycles. The molecule has 174 valence electrons. The topological polar surface area (TPSA) is 62.2 Å². The molecule has 0 saturated heterocycles. The molecular weight excluding hydrogens is 477 g/mol. The van der Waals surface area contributed by atoms with Crippen molar-refractivity contribution in [3.05, 3.63) is 95.1 Å². The van der Waals surface area contributed by atoms with Crippen LogP contribution in [0, 0.1) is 13.8 Å². The normalized spacial score (nSPS) is 16.9. The standard InChI is InChI=1S/C30H25NO3S.Na/c1-17-12-13-25(34-21-14-20(15-21)19-8-4-3-5-9-19)27-23(30(32)33)16-24(31-28(17)27)29-18(2)22-10-6-7-11-26(22)35-29;/h3-13,16,20-21H,14-15H2,1-2H3,(H,32,33);/q;+1/p-1. The Morgan fingerprint density at radius 1 is 1.00 bits per heavy atom. The Labute approximate surface area is 236 Å². The molecule has 36 heavy (non-hydrogen) atoms. The van der Waals surface area contributed by atoms with E-state index in [1.165, 1.54) is 5.56 Å². The predicted octanol–water partition coefficient (Wildman–Crippen LogP) is 3.43. The number of thiophene rings is 1. The summed E-state index contributed by atoms with van der Waals surface area (Å²) in [5.41, 5.74) is 4.76. The first kappa shape index (κ1) is 25.0. The SMILES string of the molecule is Cc1c(-c2cc(C(=O)[O-])c3c(OC4CC(c5ccccc5)C4)ccc(C)c3n2)sc2ccccc12.[Na+]. The molecule has 1 fully saturated rings. The monoisotopic (exact) mass is 501 g/mol. The van der Waals surface area contributed by atoms with E-state index in [0.717, 1.165) is 38.9 Å². The molecule has 6 rings (SSSR count). The number of carboxylic acids is 1. The number of hydrogen-bond acceptors (Lipinski definition) is 5. The van der Waals surface area contributed by atoms with Crippen molar-refractivity contribution in [1.29, 1.82) is 0 Å². The summed E-state index contributed by atoms with van der Waals surface area (Å²) in [5.74, 6) is -0.184. The van der Waals surface area contributed by atoms with Crippen molar-refractivity contribution in [3.63, 3.8) is 0 Å². The van der Waals surface area contributed by atoms with E-state index in [9.17, 15) is 9.90 Å². The second kappa shape index (κ2) is 9.98. The Morgan fingerprint density at radius 2 is 1.72 bits per heavy atom. The minimum Gasteiger partial charge on any atom is -0.545 e. The fourth-order valence-electron chi connectivity index (χ4n) is 5.08. The number of carbonyl (C=O) groups excluding carboxylic acids is 1. The van der Waals surface area contributed by atoms with Crippen molar-refractivity contribution < 1.29 is 44.2 Å². The Kier molecular flexibility index (Phi) is 6.92. The Bertz CT molecular complexity index is 1590. The number of aromatic nitrogens is 1. The fourth-order valence-corrected chi connectivity index (χ4v) is 6.25. The zero-order chi connectivity index (χ0) is 24.1. The van der Waals surface area contributed by atoms with E-state index < -0.39 is 5.97 Å². The van der Waals surface area contributed by atoms with E-state index in [2.05, 4.69) is 43.3 Å². The molecule has 4 nitrogen and oxygen atoms in total. The fraction of sp³-hybridized carbons (Fsp3) is 0.200. The van der Waals surface area contributed by atoms with Gasteiger partial charge < -0.3 is 14.6 Å². The molecule has 0 N–H and O–H groups in total. The van der Waals surface area contributed by atoms with Gasteiger partial charge in [-0.3, -0.25) is 0 Å². The molecule has 0 amide bonds. The molecule has 0 unspecified atom stereocenters. The average Bonchev–Trinajstić information content (AvgIpc) is 3.19. The average molecular weight is 502 g/mol. The number of carbonyl (C=O) groups is 1. The first-order valence-electron chi connectivity index (χ1n) is 11.9. The molecule has 1 aliphatic carbocycles. The number of aromatic carboxylic acids is 1. The second-order valence-corrected chi connectivity index (χ2v) is 10.4. The third-order valence-electron chi connectivity index (χ3n) is 7.08. The van der Waals surface area contributed by atoms with Crippen LogP contribution in [0.25, 0.3) is 31.6 Å². The zero-order valence-electron chi connectivity index (χ0n) is 20.6. The third-order valence-corrected chi connectivity index (χ3v) is 8.38. The van der Waals surface area contributed by atoms with Gasteiger partial charge in [0.1, 0.15) is 5.75 Å². The van der Waals surface area contributed by atoms with Gasteiger partial charge in [0, 0.05) is 10.3 Å². The van der Waals surface area contributed by atoms with Gasteiger partial charge in [0.05, 0.1) is 33.5 Å². The van der Waals surface area contributed by atoms with Gasteiger partial charge in [0.15, 0.2) is 0 Å². The summed E-state index contributed by atoms with van der Waals surface area (Å²) in [7, 11) is 0. The van der Waals surface area contributed by atoms with Gasteiger partial charge in [0.2, 0.25) is 0 Å². The summed E-state index contributed by atoms with van der Waals surface area (Å²) < 4.78 is 7.51. The Balaban J connectivity index is 0.00000267. The molecule has 0 radical (unpaired) electrons. The van der Waals surface area contributed by atoms with Crippen molar-refractivity contribution in [3.8, 4) is 16.3 Å². The second-order valence-electron chi connectivity index (χ2n) is 9.32. The number of rotatable bonds is 5. The van der Waals surface area contributed by atoms with E-state index in [1.807, 2.05) is 37.3 Å². The molecule has 5 aromatic rings. The van der Waals surface area contributed by atoms with Gasteiger partial charge in [-0.1, -0.05) is 54.6 Å². The van der Waals surface area contributed by atoms with Crippen LogP contribution in [0.4, 0.5) is 0 Å². The first-order chi connectivity index (χ1) is 17.0. The number of ether oxygens (including phenoxy) is 1. The van der Waals surface area contributed by atoms with Crippen LogP contribution < -0.4 is 39.4 Å². The molecule has 0 bridgehead atoms. The van der Waals surface area contributed by atoms with Gasteiger partial charge in [-0.15, -0.1) is 11.3 Å². The van der Waals surface area contributed by atoms with Crippen LogP contribution in [0.1, 0.15) is 45.8 Å². The van der Waals surface area contributed by atoms with Crippen molar-refractivity contribution in [2.45, 2.75) is 38.7 Å². The van der Waals surface area contributed by atoms with E-state index in [0.29, 0.717) is 28.3 Å². The summed E-state index contributed by atoms with van der Waals surface area (Å²) in [6.45, 7) is 4.01. The molecule has 6 heteroatoms. The van der Waals surface area contributed by atoms with Crippen LogP contribution >= 0.6 is 11.3 Å². The summed E-state index contributed by atoms with van der Waals surface area (Å²) in [5, 5.41) is 14.0. The van der Waals surface area contributed by atoms with Crippen LogP contribution in [0.3, 0.4) is 0 Å². The predicted molar refractivity (Wildman–Crippen MR) is 139 cm³/mol. The summed E-state index contributed by atoms with van der Waals surface area (Å²) >= 11 is 1.63. The quantitative estimate of drug-likeness (QED) is 0.346. The first-order valence-corrected chi connectivity index (χ1v) is 12.7. The number of aryl methyl sites for hydroxylation is 2. The number of pyridine rings is 1. The maximum absolute atomic E-state index is 12.3. The minimum absolute atomic E-state index is 0. The van der Waals surface area contributed by atoms with Crippen LogP contribution in [-0.4, -0.2) is 17.1 Å². The molecule has 1 saturated carbocycles. The number of benzene rings is 3. The van der Waals surface area contributed by atoms with Gasteiger partial charge in [-0.25, -0.2) is 4.98 Å². The molecule has 2 aromatic heterocycles. The van der Waals surface area contributed by atoms with Crippen molar-refractivity contribution >= 4 is 38.3 Å². The number of nitrogens with zero attached hydrogens (tertiary/aromatic N) is 1. The number of hydrogen-bond donors (Lipinski definition) is 0. The molecule has 2 heterocycles. The van der Waals surface area contributed by atoms with E-state index >= 15 is 0 Å². The molecular formula is C30H24NNaO3S. The Morgan fingerprint density at radius 3 is 2.44 bits per heavy atom. The van der Waals surface area contributed by atoms with Crippen molar-refractivity contribution in [2.75, 3.05) is 0 Å². The molecule has 0 spiro atoms. The van der Waals surface area contributed by atoms with Crippen LogP contribution in [0.5, 0.6) is 5.75 Å². The third kappa shape index (κ3) is 4.35. The van der Waals surface area contributed by atoms with Crippen molar-refractivity contribution in [1.82, 2.24) is 4.98 Å². The van der Waals surface area contributed by atoms with E-state index in [-0.39, 0.29) is 41.2 Å². The molecule has 1 aliphatic rings. The Hall–Kier alpha value is -2.70. The summed E-state index contributed by atoms with van der Waals surface area (Å²) in [6.07, 6.45) is 1.87.